The third-order valence-corrected chi connectivity index (χ3v) is 8.73. The Bertz CT molecular complexity index is 3850. The van der Waals surface area contributed by atoms with E-state index in [0.717, 1.165) is 0 Å². The van der Waals surface area contributed by atoms with Crippen LogP contribution in [0, 0.1) is 0 Å². The van der Waals surface area contributed by atoms with E-state index in [2.05, 4.69) is 0 Å². The Balaban J connectivity index is 1.37. The van der Waals surface area contributed by atoms with Crippen LogP contribution in [-0.2, 0) is 0 Å². The highest BCUT2D eigenvalue weighted by Crippen LogP contribution is 2.48. The van der Waals surface area contributed by atoms with Crippen LogP contribution in [0.25, 0.3) is 98.8 Å². The molecule has 1 heterocycles. The van der Waals surface area contributed by atoms with E-state index in [4.69, 9.17) is 26.3 Å². The molecule has 1 heteroatoms. The lowest BCUT2D eigenvalue weighted by atomic mass is 9.83. The van der Waals surface area contributed by atoms with Crippen LogP contribution in [0.3, 0.4) is 0 Å². The highest BCUT2D eigenvalue weighted by atomic mass is 16.3. The molecule has 0 spiro atoms. The Hall–Kier alpha value is -6.44. The summed E-state index contributed by atoms with van der Waals surface area (Å²) < 4.78 is 173. The highest BCUT2D eigenvalue weighted by molar-refractivity contribution is 6.26. The largest absolute Gasteiger partial charge is 0.456 e. The van der Waals surface area contributed by atoms with E-state index in [9.17, 15) is 4.11 Å². The van der Waals surface area contributed by atoms with Gasteiger partial charge in [0.15, 0.2) is 0 Å². The van der Waals surface area contributed by atoms with Crippen molar-refractivity contribution in [1.82, 2.24) is 0 Å². The predicted molar refractivity (Wildman–Crippen MR) is 208 cm³/mol. The molecule has 0 aliphatic carbocycles. The summed E-state index contributed by atoms with van der Waals surface area (Å²) in [4.78, 5) is 0. The first-order valence-electron chi connectivity index (χ1n) is 24.8. The maximum Gasteiger partial charge on any atom is 0.136 e. The van der Waals surface area contributed by atoms with Gasteiger partial charge in [-0.2, -0.15) is 0 Å². The zero-order valence-electron chi connectivity index (χ0n) is 44.3. The molecule has 0 aliphatic rings. The normalized spacial score (nSPS) is 17.1. The molecule has 0 saturated carbocycles. The number of hydrogen-bond acceptors (Lipinski definition) is 1. The number of hydrogen-bond donors (Lipinski definition) is 0. The van der Waals surface area contributed by atoms with E-state index in [1.54, 1.807) is 60.7 Å². The first kappa shape index (κ1) is 14.8. The molecule has 1 aromatic heterocycles. The van der Waals surface area contributed by atoms with Crippen LogP contribution in [-0.4, -0.2) is 0 Å². The molecule has 0 N–H and O–H groups in total. The van der Waals surface area contributed by atoms with Gasteiger partial charge in [-0.05, 0) is 101 Å². The van der Waals surface area contributed by atoms with Crippen molar-refractivity contribution in [3.8, 4) is 44.5 Å². The van der Waals surface area contributed by atoms with Gasteiger partial charge in [0, 0.05) is 10.8 Å². The fraction of sp³-hybridized carbons (Fsp3) is 0. The summed E-state index contributed by atoms with van der Waals surface area (Å²) in [6.45, 7) is 0. The number of benzene rings is 9. The molecule has 0 atom stereocenters. The Morgan fingerprint density at radius 2 is 0.959 bits per heavy atom. The molecule has 0 amide bonds. The average Bonchev–Trinajstić information content (AvgIpc) is 3.74. The van der Waals surface area contributed by atoms with Crippen LogP contribution in [0.5, 0.6) is 0 Å². The molecule has 49 heavy (non-hydrogen) atoms. The number of fused-ring (bicyclic) bond motifs is 6. The maximum atomic E-state index is 9.53. The molecule has 0 fully saturated rings. The molecule has 228 valence electrons. The van der Waals surface area contributed by atoms with Crippen molar-refractivity contribution in [3.05, 3.63) is 182 Å². The van der Waals surface area contributed by atoms with Crippen molar-refractivity contribution in [2.45, 2.75) is 0 Å². The predicted octanol–water partition coefficient (Wildman–Crippen LogP) is 13.7. The Kier molecular flexibility index (Phi) is 3.34. The summed E-state index contributed by atoms with van der Waals surface area (Å²) in [6, 6.07) is 7.75. The van der Waals surface area contributed by atoms with Gasteiger partial charge in [0.25, 0.3) is 0 Å². The second kappa shape index (κ2) is 11.1. The summed E-state index contributed by atoms with van der Waals surface area (Å²) in [5, 5.41) is 1.39. The van der Waals surface area contributed by atoms with Crippen LogP contribution in [0.1, 0.15) is 26.0 Å². The third kappa shape index (κ3) is 4.40. The van der Waals surface area contributed by atoms with Crippen LogP contribution in [0.4, 0.5) is 0 Å². The molecule has 0 saturated heterocycles. The highest BCUT2D eigenvalue weighted by Gasteiger charge is 2.21. The van der Waals surface area contributed by atoms with Gasteiger partial charge in [-0.3, -0.25) is 0 Å². The van der Waals surface area contributed by atoms with Crippen molar-refractivity contribution < 1.29 is 30.5 Å². The van der Waals surface area contributed by atoms with Crippen molar-refractivity contribution >= 4 is 54.3 Å². The van der Waals surface area contributed by atoms with E-state index in [-0.39, 0.29) is 60.5 Å². The number of rotatable bonds is 4. The quantitative estimate of drug-likeness (QED) is 0.174. The van der Waals surface area contributed by atoms with E-state index in [1.807, 2.05) is 0 Å². The van der Waals surface area contributed by atoms with Gasteiger partial charge in [0.1, 0.15) is 11.2 Å². The Morgan fingerprint density at radius 1 is 0.388 bits per heavy atom. The van der Waals surface area contributed by atoms with E-state index < -0.39 is 115 Å². The van der Waals surface area contributed by atoms with Crippen LogP contribution < -0.4 is 0 Å². The zero-order chi connectivity index (χ0) is 48.8. The zero-order valence-corrected chi connectivity index (χ0v) is 25.3. The maximum absolute atomic E-state index is 9.53. The minimum atomic E-state index is -0.659. The van der Waals surface area contributed by atoms with Gasteiger partial charge in [-0.1, -0.05) is 157 Å². The number of furan rings is 1. The molecule has 10 rings (SSSR count). The lowest BCUT2D eigenvalue weighted by Gasteiger charge is -2.19. The first-order chi connectivity index (χ1) is 32.2. The van der Waals surface area contributed by atoms with E-state index in [0.29, 0.717) is 38.2 Å². The summed E-state index contributed by atoms with van der Waals surface area (Å²) in [7, 11) is 0. The summed E-state index contributed by atoms with van der Waals surface area (Å²) >= 11 is 0. The lowest BCUT2D eigenvalue weighted by Crippen LogP contribution is -1.93. The second-order valence-corrected chi connectivity index (χ2v) is 11.4. The summed E-state index contributed by atoms with van der Waals surface area (Å²) in [5.41, 5.74) is 0.247. The molecule has 10 aromatic rings. The lowest BCUT2D eigenvalue weighted by molar-refractivity contribution is 0.669. The Labute approximate surface area is 311 Å². The molecule has 9 aromatic carbocycles. The SMILES string of the molecule is [2H]c1c([2H])c([2H])c(-c2ccc(-c3c4ccccc4c(-c4c([2H])c([2H])c([2H])c5oc6c([2H])c7c([2H])c([2H])c([2H])c([2H])c7c([2H])c6c45)c4ccccc34)cc2-c2c([2H])c([2H])c([2H])c([2H])c2[2H])c([2H])c1[2H]. The molecule has 0 radical (unpaired) electrons. The smallest absolute Gasteiger partial charge is 0.136 e. The molecule has 0 aliphatic heterocycles. The topological polar surface area (TPSA) is 13.1 Å². The van der Waals surface area contributed by atoms with Crippen LogP contribution >= 0.6 is 0 Å². The van der Waals surface area contributed by atoms with Crippen molar-refractivity contribution in [2.24, 2.45) is 0 Å². The van der Waals surface area contributed by atoms with E-state index >= 15 is 0 Å². The van der Waals surface area contributed by atoms with Crippen LogP contribution in [0.2, 0.25) is 0 Å². The van der Waals surface area contributed by atoms with Gasteiger partial charge >= 0.3 is 0 Å². The van der Waals surface area contributed by atoms with Crippen molar-refractivity contribution in [2.75, 3.05) is 0 Å². The van der Waals surface area contributed by atoms with E-state index in [1.165, 1.54) is 6.07 Å². The standard InChI is InChI=1S/C48H30O/c1-3-14-31(15-4-1)36-27-26-35(29-42(36)32-16-5-2-6-17-32)46-37-20-9-11-22-39(37)47(40-23-12-10-21-38(40)46)41-24-13-25-44-48(41)43-28-33-18-7-8-19-34(33)30-45(43)49-44/h1-30H/i1D,2D,3D,4D,5D,6D,7D,8D,13D,14D,15D,16D,17D,18D,19D,24D,25D,28D,30D. The molecule has 1 nitrogen and oxygen atoms in total. The molecular formula is C48H30O. The summed E-state index contributed by atoms with van der Waals surface area (Å²) in [6.07, 6.45) is 0. The van der Waals surface area contributed by atoms with Crippen molar-refractivity contribution in [3.63, 3.8) is 0 Å². The fourth-order valence-electron chi connectivity index (χ4n) is 6.71. The van der Waals surface area contributed by atoms with Gasteiger partial charge in [0.2, 0.25) is 0 Å². The molecule has 0 unspecified atom stereocenters. The third-order valence-electron chi connectivity index (χ3n) is 8.73. The molecule has 0 bridgehead atoms. The van der Waals surface area contributed by atoms with Crippen molar-refractivity contribution in [1.29, 1.82) is 0 Å². The minimum absolute atomic E-state index is 0.00149. The molecular weight excluding hydrogens is 593 g/mol. The monoisotopic (exact) mass is 641 g/mol. The fourth-order valence-corrected chi connectivity index (χ4v) is 6.71. The van der Waals surface area contributed by atoms with Gasteiger partial charge < -0.3 is 4.42 Å². The summed E-state index contributed by atoms with van der Waals surface area (Å²) in [5.74, 6) is 0. The average molecular weight is 642 g/mol. The second-order valence-electron chi connectivity index (χ2n) is 11.4. The minimum Gasteiger partial charge on any atom is -0.456 e. The van der Waals surface area contributed by atoms with Gasteiger partial charge in [0.05, 0.1) is 26.0 Å². The van der Waals surface area contributed by atoms with Crippen LogP contribution in [0.15, 0.2) is 186 Å². The van der Waals surface area contributed by atoms with Gasteiger partial charge in [-0.15, -0.1) is 0 Å². The van der Waals surface area contributed by atoms with Gasteiger partial charge in [-0.25, -0.2) is 0 Å². The Morgan fingerprint density at radius 3 is 1.61 bits per heavy atom. The first-order valence-corrected chi connectivity index (χ1v) is 15.3.